The summed E-state index contributed by atoms with van der Waals surface area (Å²) in [6.07, 6.45) is -9.99. The van der Waals surface area contributed by atoms with Crippen LogP contribution in [0.5, 0.6) is 5.88 Å². The van der Waals surface area contributed by atoms with Gasteiger partial charge in [0.1, 0.15) is 17.5 Å². The molecule has 208 valence electrons. The number of nitrogens with one attached hydrogen (secondary N) is 1. The van der Waals surface area contributed by atoms with Gasteiger partial charge in [-0.1, -0.05) is 30.3 Å². The summed E-state index contributed by atoms with van der Waals surface area (Å²) in [6.45, 7) is 0.746. The molecule has 14 heteroatoms. The number of fused-ring (bicyclic) bond motifs is 1. The van der Waals surface area contributed by atoms with Crippen LogP contribution >= 0.6 is 0 Å². The van der Waals surface area contributed by atoms with E-state index in [0.717, 1.165) is 11.2 Å². The zero-order chi connectivity index (χ0) is 28.8. The minimum atomic E-state index is -5.05. The topological polar surface area (TPSA) is 88.6 Å². The molecule has 7 nitrogen and oxygen atoms in total. The zero-order valence-electron chi connectivity index (χ0n) is 20.4. The molecule has 1 unspecified atom stereocenters. The molecule has 0 fully saturated rings. The average Bonchev–Trinajstić information content (AvgIpc) is 2.92. The predicted molar refractivity (Wildman–Crippen MR) is 129 cm³/mol. The van der Waals surface area contributed by atoms with E-state index in [4.69, 9.17) is 4.74 Å². The number of aromatic nitrogens is 1. The second-order valence-corrected chi connectivity index (χ2v) is 10.8. The Kier molecular flexibility index (Phi) is 7.27. The van der Waals surface area contributed by atoms with Gasteiger partial charge in [0.25, 0.3) is 5.91 Å². The van der Waals surface area contributed by atoms with E-state index in [0.29, 0.717) is 17.7 Å². The standard InChI is InChI=1S/C25H21F6N3O4S/c1-14-12-34(13-15-8-17(24(26,27)28)10-18(9-15)25(29,30)31)23(35)21-19(16-6-4-3-5-7-16)11-20(32-22(21)38-14)33-39(2,36)37/h3-11,14H,12-13H2,1-2H3,(H,32,33). The van der Waals surface area contributed by atoms with Gasteiger partial charge < -0.3 is 9.64 Å². The lowest BCUT2D eigenvalue weighted by atomic mass is 9.99. The quantitative estimate of drug-likeness (QED) is 0.403. The van der Waals surface area contributed by atoms with E-state index in [2.05, 4.69) is 9.71 Å². The van der Waals surface area contributed by atoms with E-state index in [1.165, 1.54) is 13.0 Å². The molecule has 1 aromatic heterocycles. The average molecular weight is 574 g/mol. The summed E-state index contributed by atoms with van der Waals surface area (Å²) in [5, 5.41) is 0. The molecule has 1 aliphatic rings. The van der Waals surface area contributed by atoms with Crippen molar-refractivity contribution in [2.24, 2.45) is 0 Å². The number of carbonyl (C=O) groups is 1. The molecule has 0 saturated carbocycles. The molecular weight excluding hydrogens is 552 g/mol. The van der Waals surface area contributed by atoms with E-state index in [9.17, 15) is 39.6 Å². The Balaban J connectivity index is 1.84. The number of alkyl halides is 6. The number of rotatable bonds is 5. The Labute approximate surface area is 219 Å². The summed E-state index contributed by atoms with van der Waals surface area (Å²) < 4.78 is 112. The second-order valence-electron chi connectivity index (χ2n) is 9.00. The molecule has 0 saturated heterocycles. The van der Waals surface area contributed by atoms with Crippen molar-refractivity contribution in [2.45, 2.75) is 31.9 Å². The SMILES string of the molecule is CC1CN(Cc2cc(C(F)(F)F)cc(C(F)(F)F)c2)C(=O)c2c(-c3ccccc3)cc(NS(C)(=O)=O)nc2O1. The van der Waals surface area contributed by atoms with E-state index >= 15 is 0 Å². The first-order valence-corrected chi connectivity index (χ1v) is 13.2. The lowest BCUT2D eigenvalue weighted by Crippen LogP contribution is -2.35. The Hall–Kier alpha value is -3.81. The summed E-state index contributed by atoms with van der Waals surface area (Å²) in [5.41, 5.74) is -2.82. The second kappa shape index (κ2) is 10.1. The van der Waals surface area contributed by atoms with Crippen LogP contribution in [0.15, 0.2) is 54.6 Å². The monoisotopic (exact) mass is 573 g/mol. The molecule has 1 amide bonds. The number of carbonyl (C=O) groups excluding carboxylic acids is 1. The fourth-order valence-corrected chi connectivity index (χ4v) is 4.63. The Morgan fingerprint density at radius 2 is 1.59 bits per heavy atom. The highest BCUT2D eigenvalue weighted by molar-refractivity contribution is 7.92. The molecule has 1 atom stereocenters. The Morgan fingerprint density at radius 1 is 1.00 bits per heavy atom. The summed E-state index contributed by atoms with van der Waals surface area (Å²) in [6, 6.07) is 10.7. The van der Waals surface area contributed by atoms with Crippen LogP contribution in [-0.2, 0) is 28.9 Å². The number of hydrogen-bond acceptors (Lipinski definition) is 5. The van der Waals surface area contributed by atoms with Gasteiger partial charge >= 0.3 is 12.4 Å². The van der Waals surface area contributed by atoms with Crippen LogP contribution in [0.1, 0.15) is 34.0 Å². The molecular formula is C25H21F6N3O4S. The number of pyridine rings is 1. The molecule has 1 N–H and O–H groups in total. The lowest BCUT2D eigenvalue weighted by Gasteiger charge is -2.24. The van der Waals surface area contributed by atoms with Gasteiger partial charge in [-0.2, -0.15) is 31.3 Å². The molecule has 4 rings (SSSR count). The fraction of sp³-hybridized carbons (Fsp3) is 0.280. The number of benzene rings is 2. The van der Waals surface area contributed by atoms with Crippen molar-refractivity contribution < 1.29 is 44.3 Å². The van der Waals surface area contributed by atoms with Crippen molar-refractivity contribution in [3.8, 4) is 17.0 Å². The molecule has 2 aromatic carbocycles. The maximum absolute atomic E-state index is 13.8. The highest BCUT2D eigenvalue weighted by Crippen LogP contribution is 2.38. The third-order valence-corrected chi connectivity index (χ3v) is 6.25. The normalized spacial score (nSPS) is 16.4. The van der Waals surface area contributed by atoms with E-state index in [-0.39, 0.29) is 41.0 Å². The van der Waals surface area contributed by atoms with E-state index in [1.807, 2.05) is 0 Å². The van der Waals surface area contributed by atoms with Crippen LogP contribution in [0.3, 0.4) is 0 Å². The van der Waals surface area contributed by atoms with Crippen LogP contribution < -0.4 is 9.46 Å². The number of anilines is 1. The summed E-state index contributed by atoms with van der Waals surface area (Å²) in [4.78, 5) is 19.0. The number of sulfonamides is 1. The predicted octanol–water partition coefficient (Wildman–Crippen LogP) is 5.58. The maximum atomic E-state index is 13.8. The molecule has 0 spiro atoms. The molecule has 0 aliphatic carbocycles. The largest absolute Gasteiger partial charge is 0.472 e. The third kappa shape index (κ3) is 6.61. The molecule has 0 bridgehead atoms. The smallest absolute Gasteiger partial charge is 0.416 e. The van der Waals surface area contributed by atoms with Gasteiger partial charge in [-0.25, -0.2) is 8.42 Å². The van der Waals surface area contributed by atoms with E-state index < -0.39 is 52.1 Å². The van der Waals surface area contributed by atoms with Gasteiger partial charge in [0.05, 0.1) is 23.9 Å². The first kappa shape index (κ1) is 28.2. The summed E-state index contributed by atoms with van der Waals surface area (Å²) >= 11 is 0. The minimum absolute atomic E-state index is 0.0164. The highest BCUT2D eigenvalue weighted by atomic mass is 32.2. The number of halogens is 6. The minimum Gasteiger partial charge on any atom is -0.472 e. The molecule has 0 radical (unpaired) electrons. The Bertz CT molecular complexity index is 1480. The van der Waals surface area contributed by atoms with Crippen LogP contribution in [-0.4, -0.2) is 43.1 Å². The van der Waals surface area contributed by atoms with Crippen molar-refractivity contribution in [3.05, 3.63) is 76.9 Å². The first-order valence-electron chi connectivity index (χ1n) is 11.3. The van der Waals surface area contributed by atoms with Gasteiger partial charge in [0.15, 0.2) is 0 Å². The molecule has 39 heavy (non-hydrogen) atoms. The maximum Gasteiger partial charge on any atom is 0.416 e. The number of hydrogen-bond donors (Lipinski definition) is 1. The number of nitrogens with zero attached hydrogens (tertiary/aromatic N) is 2. The van der Waals surface area contributed by atoms with Crippen molar-refractivity contribution >= 4 is 21.7 Å². The Morgan fingerprint density at radius 3 is 2.13 bits per heavy atom. The summed E-state index contributed by atoms with van der Waals surface area (Å²) in [5.74, 6) is -1.14. The van der Waals surface area contributed by atoms with Crippen LogP contribution in [0, 0.1) is 0 Å². The van der Waals surface area contributed by atoms with Crippen LogP contribution in [0.2, 0.25) is 0 Å². The van der Waals surface area contributed by atoms with E-state index in [1.54, 1.807) is 30.3 Å². The van der Waals surface area contributed by atoms with Gasteiger partial charge in [-0.3, -0.25) is 9.52 Å². The lowest BCUT2D eigenvalue weighted by molar-refractivity contribution is -0.143. The van der Waals surface area contributed by atoms with Gasteiger partial charge in [0.2, 0.25) is 15.9 Å². The van der Waals surface area contributed by atoms with Gasteiger partial charge in [-0.05, 0) is 42.3 Å². The molecule has 2 heterocycles. The fourth-order valence-electron chi connectivity index (χ4n) is 4.15. The summed E-state index contributed by atoms with van der Waals surface area (Å²) in [7, 11) is -3.77. The molecule has 3 aromatic rings. The highest BCUT2D eigenvalue weighted by Gasteiger charge is 2.38. The number of amides is 1. The third-order valence-electron chi connectivity index (χ3n) is 5.67. The van der Waals surface area contributed by atoms with Gasteiger partial charge in [0, 0.05) is 12.1 Å². The number of ether oxygens (including phenoxy) is 1. The van der Waals surface area contributed by atoms with Crippen molar-refractivity contribution in [1.29, 1.82) is 0 Å². The van der Waals surface area contributed by atoms with Gasteiger partial charge in [-0.15, -0.1) is 0 Å². The van der Waals surface area contributed by atoms with Crippen LogP contribution in [0.4, 0.5) is 32.2 Å². The van der Waals surface area contributed by atoms with Crippen molar-refractivity contribution in [3.63, 3.8) is 0 Å². The first-order chi connectivity index (χ1) is 18.0. The van der Waals surface area contributed by atoms with Crippen molar-refractivity contribution in [2.75, 3.05) is 17.5 Å². The zero-order valence-corrected chi connectivity index (χ0v) is 21.2. The van der Waals surface area contributed by atoms with Crippen molar-refractivity contribution in [1.82, 2.24) is 9.88 Å². The van der Waals surface area contributed by atoms with Crippen LogP contribution in [0.25, 0.3) is 11.1 Å². The molecule has 1 aliphatic heterocycles.